The number of hydrogen-bond acceptors (Lipinski definition) is 6. The summed E-state index contributed by atoms with van der Waals surface area (Å²) in [6.45, 7) is 4.41. The Bertz CT molecular complexity index is 806. The zero-order chi connectivity index (χ0) is 18.6. The smallest absolute Gasteiger partial charge is 0.219 e. The first-order chi connectivity index (χ1) is 13.2. The lowest BCUT2D eigenvalue weighted by Gasteiger charge is -2.29. The average Bonchev–Trinajstić information content (AvgIpc) is 2.72. The molecule has 1 unspecified atom stereocenters. The van der Waals surface area contributed by atoms with Crippen molar-refractivity contribution in [3.05, 3.63) is 35.8 Å². The number of nitrogens with one attached hydrogen (secondary N) is 1. The van der Waals surface area contributed by atoms with Gasteiger partial charge < -0.3 is 15.0 Å². The maximum absolute atomic E-state index is 11.8. The van der Waals surface area contributed by atoms with E-state index >= 15 is 0 Å². The topological polar surface area (TPSA) is 80.2 Å². The van der Waals surface area contributed by atoms with Crippen LogP contribution in [0.25, 0.3) is 11.4 Å². The van der Waals surface area contributed by atoms with Crippen molar-refractivity contribution in [3.63, 3.8) is 0 Å². The molecular weight excluding hydrogens is 342 g/mol. The average molecular weight is 367 g/mol. The van der Waals surface area contributed by atoms with Crippen molar-refractivity contribution in [3.8, 4) is 11.4 Å². The lowest BCUT2D eigenvalue weighted by molar-refractivity contribution is -0.129. The maximum atomic E-state index is 11.8. The number of ether oxygens (including phenoxy) is 1. The standard InChI is InChI=1S/C20H25N5O2/c1-14(26)25-9-7-17-18(13-25)23-19(15-5-4-8-21-11-15)24-20(17)22-12-16-6-2-3-10-27-16/h4-5,8,11,16H,2-3,6-7,9-10,12-13H2,1H3,(H,22,23,24). The second-order valence-electron chi connectivity index (χ2n) is 7.12. The molecule has 1 saturated heterocycles. The van der Waals surface area contributed by atoms with Gasteiger partial charge in [-0.15, -0.1) is 0 Å². The minimum absolute atomic E-state index is 0.0762. The normalized spacial score (nSPS) is 19.4. The Morgan fingerprint density at radius 2 is 2.30 bits per heavy atom. The van der Waals surface area contributed by atoms with Crippen molar-refractivity contribution in [1.29, 1.82) is 0 Å². The third-order valence-electron chi connectivity index (χ3n) is 5.20. The van der Waals surface area contributed by atoms with Gasteiger partial charge in [0.05, 0.1) is 18.3 Å². The summed E-state index contributed by atoms with van der Waals surface area (Å²) >= 11 is 0. The van der Waals surface area contributed by atoms with Crippen LogP contribution in [-0.2, 0) is 22.5 Å². The Labute approximate surface area is 159 Å². The molecule has 0 spiro atoms. The van der Waals surface area contributed by atoms with E-state index in [-0.39, 0.29) is 12.0 Å². The van der Waals surface area contributed by atoms with Gasteiger partial charge in [-0.3, -0.25) is 9.78 Å². The number of nitrogens with zero attached hydrogens (tertiary/aromatic N) is 4. The van der Waals surface area contributed by atoms with Gasteiger partial charge in [0, 0.05) is 50.1 Å². The number of hydrogen-bond donors (Lipinski definition) is 1. The molecule has 1 atom stereocenters. The molecule has 0 radical (unpaired) electrons. The molecule has 2 aromatic heterocycles. The largest absolute Gasteiger partial charge is 0.376 e. The second kappa shape index (κ2) is 8.00. The van der Waals surface area contributed by atoms with Gasteiger partial charge in [-0.25, -0.2) is 9.97 Å². The van der Waals surface area contributed by atoms with Gasteiger partial charge in [-0.1, -0.05) is 0 Å². The summed E-state index contributed by atoms with van der Waals surface area (Å²) in [5.41, 5.74) is 2.89. The fraction of sp³-hybridized carbons (Fsp3) is 0.500. The van der Waals surface area contributed by atoms with Gasteiger partial charge in [-0.05, 0) is 37.8 Å². The van der Waals surface area contributed by atoms with Gasteiger partial charge >= 0.3 is 0 Å². The van der Waals surface area contributed by atoms with Crippen LogP contribution in [-0.4, -0.2) is 51.6 Å². The van der Waals surface area contributed by atoms with Crippen molar-refractivity contribution in [1.82, 2.24) is 19.9 Å². The highest BCUT2D eigenvalue weighted by Gasteiger charge is 2.24. The van der Waals surface area contributed by atoms with Gasteiger partial charge in [-0.2, -0.15) is 0 Å². The monoisotopic (exact) mass is 367 g/mol. The van der Waals surface area contributed by atoms with Gasteiger partial charge in [0.1, 0.15) is 5.82 Å². The van der Waals surface area contributed by atoms with Crippen LogP contribution >= 0.6 is 0 Å². The third kappa shape index (κ3) is 4.08. The molecule has 1 amide bonds. The van der Waals surface area contributed by atoms with E-state index in [1.165, 1.54) is 6.42 Å². The summed E-state index contributed by atoms with van der Waals surface area (Å²) < 4.78 is 5.84. The molecule has 0 saturated carbocycles. The van der Waals surface area contributed by atoms with Crippen LogP contribution in [0.5, 0.6) is 0 Å². The first-order valence-electron chi connectivity index (χ1n) is 9.62. The molecule has 4 heterocycles. The molecule has 1 N–H and O–H groups in total. The summed E-state index contributed by atoms with van der Waals surface area (Å²) in [6, 6.07) is 3.83. The van der Waals surface area contributed by atoms with E-state index in [9.17, 15) is 4.79 Å². The lowest BCUT2D eigenvalue weighted by Crippen LogP contribution is -2.36. The molecule has 1 fully saturated rings. The first kappa shape index (κ1) is 17.9. The zero-order valence-electron chi connectivity index (χ0n) is 15.6. The van der Waals surface area contributed by atoms with Crippen LogP contribution in [0.2, 0.25) is 0 Å². The van der Waals surface area contributed by atoms with Crippen LogP contribution < -0.4 is 5.32 Å². The molecule has 4 rings (SSSR count). The van der Waals surface area contributed by atoms with E-state index in [0.29, 0.717) is 18.9 Å². The number of pyridine rings is 1. The van der Waals surface area contributed by atoms with Crippen molar-refractivity contribution >= 4 is 11.7 Å². The highest BCUT2D eigenvalue weighted by Crippen LogP contribution is 2.27. The molecule has 0 aromatic carbocycles. The molecule has 142 valence electrons. The fourth-order valence-corrected chi connectivity index (χ4v) is 3.65. The number of anilines is 1. The predicted molar refractivity (Wildman–Crippen MR) is 102 cm³/mol. The van der Waals surface area contributed by atoms with E-state index in [0.717, 1.165) is 55.1 Å². The van der Waals surface area contributed by atoms with E-state index in [1.54, 1.807) is 19.3 Å². The molecule has 2 aliphatic heterocycles. The Kier molecular flexibility index (Phi) is 5.29. The van der Waals surface area contributed by atoms with E-state index in [4.69, 9.17) is 14.7 Å². The minimum Gasteiger partial charge on any atom is -0.376 e. The highest BCUT2D eigenvalue weighted by atomic mass is 16.5. The summed E-state index contributed by atoms with van der Waals surface area (Å²) in [4.78, 5) is 27.4. The first-order valence-corrected chi connectivity index (χ1v) is 9.62. The number of fused-ring (bicyclic) bond motifs is 1. The maximum Gasteiger partial charge on any atom is 0.219 e. The summed E-state index contributed by atoms with van der Waals surface area (Å²) in [5, 5.41) is 3.50. The van der Waals surface area contributed by atoms with E-state index < -0.39 is 0 Å². The number of carbonyl (C=O) groups excluding carboxylic acids is 1. The summed E-state index contributed by atoms with van der Waals surface area (Å²) in [7, 11) is 0. The van der Waals surface area contributed by atoms with Gasteiger partial charge in [0.2, 0.25) is 5.91 Å². The van der Waals surface area contributed by atoms with Crippen molar-refractivity contribution < 1.29 is 9.53 Å². The lowest BCUT2D eigenvalue weighted by atomic mass is 10.0. The number of aromatic nitrogens is 3. The zero-order valence-corrected chi connectivity index (χ0v) is 15.6. The predicted octanol–water partition coefficient (Wildman–Crippen LogP) is 2.42. The Morgan fingerprint density at radius 3 is 3.04 bits per heavy atom. The van der Waals surface area contributed by atoms with Gasteiger partial charge in [0.15, 0.2) is 5.82 Å². The van der Waals surface area contributed by atoms with Crippen LogP contribution in [0.4, 0.5) is 5.82 Å². The third-order valence-corrected chi connectivity index (χ3v) is 5.20. The second-order valence-corrected chi connectivity index (χ2v) is 7.12. The van der Waals surface area contributed by atoms with E-state index in [1.807, 2.05) is 17.0 Å². The molecule has 2 aliphatic rings. The number of rotatable bonds is 4. The van der Waals surface area contributed by atoms with Gasteiger partial charge in [0.25, 0.3) is 0 Å². The highest BCUT2D eigenvalue weighted by molar-refractivity contribution is 5.74. The molecule has 27 heavy (non-hydrogen) atoms. The van der Waals surface area contributed by atoms with Crippen molar-refractivity contribution in [2.24, 2.45) is 0 Å². The van der Waals surface area contributed by atoms with Crippen molar-refractivity contribution in [2.45, 2.75) is 45.3 Å². The molecule has 7 heteroatoms. The van der Waals surface area contributed by atoms with Crippen LogP contribution in [0.1, 0.15) is 37.4 Å². The Morgan fingerprint density at radius 1 is 1.37 bits per heavy atom. The number of carbonyl (C=O) groups is 1. The Balaban J connectivity index is 1.63. The van der Waals surface area contributed by atoms with Crippen LogP contribution in [0, 0.1) is 0 Å². The number of amides is 1. The molecule has 0 aliphatic carbocycles. The van der Waals surface area contributed by atoms with E-state index in [2.05, 4.69) is 10.3 Å². The quantitative estimate of drug-likeness (QED) is 0.894. The Hall–Kier alpha value is -2.54. The van der Waals surface area contributed by atoms with Crippen molar-refractivity contribution in [2.75, 3.05) is 25.0 Å². The molecule has 2 aromatic rings. The molecule has 7 nitrogen and oxygen atoms in total. The summed E-state index contributed by atoms with van der Waals surface area (Å²) in [6.07, 6.45) is 7.92. The van der Waals surface area contributed by atoms with Crippen LogP contribution in [0.3, 0.4) is 0 Å². The fourth-order valence-electron chi connectivity index (χ4n) is 3.65. The van der Waals surface area contributed by atoms with Crippen LogP contribution in [0.15, 0.2) is 24.5 Å². The summed E-state index contributed by atoms with van der Waals surface area (Å²) in [5.74, 6) is 1.57. The molecule has 0 bridgehead atoms. The minimum atomic E-state index is 0.0762. The molecular formula is C20H25N5O2. The SMILES string of the molecule is CC(=O)N1CCc2c(nc(-c3cccnc3)nc2NCC2CCCCO2)C1.